The minimum Gasteiger partial charge on any atom is -0.466 e. The summed E-state index contributed by atoms with van der Waals surface area (Å²) in [5.74, 6) is 0.0436. The Hall–Kier alpha value is -2.39. The lowest BCUT2D eigenvalue weighted by Gasteiger charge is -2.29. The smallest absolute Gasteiger partial charge is 0.313 e. The van der Waals surface area contributed by atoms with Gasteiger partial charge in [-0.15, -0.1) is 0 Å². The highest BCUT2D eigenvalue weighted by Gasteiger charge is 2.22. The second kappa shape index (κ2) is 9.52. The van der Waals surface area contributed by atoms with Crippen molar-refractivity contribution in [3.05, 3.63) is 83.4 Å². The van der Waals surface area contributed by atoms with E-state index in [1.807, 2.05) is 19.9 Å². The van der Waals surface area contributed by atoms with Gasteiger partial charge in [0.1, 0.15) is 0 Å². The van der Waals surface area contributed by atoms with Gasteiger partial charge in [-0.2, -0.15) is 0 Å². The van der Waals surface area contributed by atoms with Crippen LogP contribution < -0.4 is 0 Å². The fraction of sp³-hybridized carbons (Fsp3) is 0.375. The third kappa shape index (κ3) is 5.08. The minimum atomic E-state index is -0.183. The summed E-state index contributed by atoms with van der Waals surface area (Å²) in [7, 11) is 0. The van der Waals surface area contributed by atoms with Crippen LogP contribution in [0.4, 0.5) is 0 Å². The Kier molecular flexibility index (Phi) is 6.83. The molecule has 2 aromatic carbocycles. The highest BCUT2D eigenvalue weighted by molar-refractivity contribution is 5.78. The number of carbonyl (C=O) groups excluding carboxylic acids is 1. The normalized spacial score (nSPS) is 18.2. The molecule has 142 valence electrons. The van der Waals surface area contributed by atoms with Gasteiger partial charge in [0.2, 0.25) is 0 Å². The first-order valence-electron chi connectivity index (χ1n) is 9.90. The van der Waals surface area contributed by atoms with Crippen molar-refractivity contribution in [2.45, 2.75) is 38.6 Å². The molecule has 0 amide bonds. The van der Waals surface area contributed by atoms with Crippen LogP contribution in [0.25, 0.3) is 0 Å². The van der Waals surface area contributed by atoms with E-state index in [2.05, 4.69) is 65.6 Å². The summed E-state index contributed by atoms with van der Waals surface area (Å²) in [6.45, 7) is 7.25. The number of benzene rings is 2. The van der Waals surface area contributed by atoms with E-state index in [0.717, 1.165) is 31.6 Å². The van der Waals surface area contributed by atoms with E-state index in [9.17, 15) is 4.79 Å². The molecule has 2 unspecified atom stereocenters. The molecule has 0 saturated carbocycles. The fourth-order valence-electron chi connectivity index (χ4n) is 3.76. The molecule has 0 radical (unpaired) electrons. The Balaban J connectivity index is 1.73. The number of hydrogen-bond donors (Lipinski definition) is 0. The molecule has 0 saturated heterocycles. The molecule has 0 aromatic heterocycles. The van der Waals surface area contributed by atoms with Gasteiger partial charge >= 0.3 is 5.97 Å². The van der Waals surface area contributed by atoms with Gasteiger partial charge < -0.3 is 4.74 Å². The molecule has 27 heavy (non-hydrogen) atoms. The Labute approximate surface area is 162 Å². The first-order chi connectivity index (χ1) is 13.2. The molecule has 0 N–H and O–H groups in total. The first-order valence-corrected chi connectivity index (χ1v) is 9.90. The summed E-state index contributed by atoms with van der Waals surface area (Å²) in [6.07, 6.45) is 5.31. The Bertz CT molecular complexity index is 769. The highest BCUT2D eigenvalue weighted by Crippen LogP contribution is 2.28. The lowest BCUT2D eigenvalue weighted by Crippen LogP contribution is -2.31. The molecule has 0 fully saturated rings. The third-order valence-electron chi connectivity index (χ3n) is 5.16. The Morgan fingerprint density at radius 1 is 1.15 bits per heavy atom. The summed E-state index contributed by atoms with van der Waals surface area (Å²) in [4.78, 5) is 14.7. The molecule has 2 aromatic rings. The molecule has 3 rings (SSSR count). The highest BCUT2D eigenvalue weighted by atomic mass is 16.5. The molecule has 1 aliphatic rings. The van der Waals surface area contributed by atoms with Gasteiger partial charge in [-0.25, -0.2) is 0 Å². The van der Waals surface area contributed by atoms with Crippen molar-refractivity contribution >= 4 is 5.97 Å². The van der Waals surface area contributed by atoms with Crippen LogP contribution in [0.3, 0.4) is 0 Å². The number of hydrogen-bond acceptors (Lipinski definition) is 3. The molecule has 0 bridgehead atoms. The van der Waals surface area contributed by atoms with Crippen LogP contribution in [0.15, 0.2) is 66.7 Å². The number of nitrogens with zero attached hydrogens (tertiary/aromatic N) is 1. The molecule has 2 atom stereocenters. The van der Waals surface area contributed by atoms with E-state index in [0.29, 0.717) is 12.5 Å². The molecule has 3 heteroatoms. The third-order valence-corrected chi connectivity index (χ3v) is 5.16. The van der Waals surface area contributed by atoms with Crippen molar-refractivity contribution in [3.8, 4) is 0 Å². The second-order valence-electron chi connectivity index (χ2n) is 7.10. The zero-order valence-electron chi connectivity index (χ0n) is 16.3. The predicted octanol–water partition coefficient (Wildman–Crippen LogP) is 4.90. The maximum Gasteiger partial charge on any atom is 0.313 e. The maximum absolute atomic E-state index is 12.3. The van der Waals surface area contributed by atoms with Gasteiger partial charge in [0, 0.05) is 25.6 Å². The lowest BCUT2D eigenvalue weighted by molar-refractivity contribution is -0.145. The number of esters is 1. The van der Waals surface area contributed by atoms with Crippen molar-refractivity contribution in [2.24, 2.45) is 0 Å². The van der Waals surface area contributed by atoms with Gasteiger partial charge in [-0.05, 0) is 30.0 Å². The monoisotopic (exact) mass is 363 g/mol. The van der Waals surface area contributed by atoms with Crippen LogP contribution in [-0.4, -0.2) is 30.6 Å². The molecule has 0 spiro atoms. The van der Waals surface area contributed by atoms with Crippen molar-refractivity contribution in [3.63, 3.8) is 0 Å². The van der Waals surface area contributed by atoms with Gasteiger partial charge in [0.15, 0.2) is 0 Å². The van der Waals surface area contributed by atoms with Crippen LogP contribution in [0.1, 0.15) is 48.8 Å². The summed E-state index contributed by atoms with van der Waals surface area (Å²) in [5.41, 5.74) is 3.67. The summed E-state index contributed by atoms with van der Waals surface area (Å²) in [5, 5.41) is 0. The molecule has 0 aliphatic carbocycles. The quantitative estimate of drug-likeness (QED) is 0.518. The van der Waals surface area contributed by atoms with Gasteiger partial charge in [0.25, 0.3) is 0 Å². The molecule has 1 heterocycles. The van der Waals surface area contributed by atoms with Crippen LogP contribution in [0, 0.1) is 0 Å². The molecule has 1 aliphatic heterocycles. The van der Waals surface area contributed by atoms with Crippen molar-refractivity contribution < 1.29 is 9.53 Å². The van der Waals surface area contributed by atoms with Crippen molar-refractivity contribution in [1.29, 1.82) is 0 Å². The molecule has 3 nitrogen and oxygen atoms in total. The molecular formula is C24H29NO2. The summed E-state index contributed by atoms with van der Waals surface area (Å²) in [6, 6.07) is 19.1. The standard InChI is InChI=1S/C24H29NO2/c1-3-23(24(26)27-4-2)21-13-8-12-20(16-21)22-14-9-15-25(18-22)17-19-10-6-5-7-11-19/h5-14,16,22-23H,3-4,15,17-18H2,1-2H3. The fourth-order valence-corrected chi connectivity index (χ4v) is 3.76. The van der Waals surface area contributed by atoms with E-state index < -0.39 is 0 Å². The topological polar surface area (TPSA) is 29.5 Å². The zero-order chi connectivity index (χ0) is 19.1. The number of rotatable bonds is 7. The maximum atomic E-state index is 12.3. The van der Waals surface area contributed by atoms with Gasteiger partial charge in [-0.1, -0.05) is 73.7 Å². The van der Waals surface area contributed by atoms with Crippen LogP contribution in [0.5, 0.6) is 0 Å². The van der Waals surface area contributed by atoms with Gasteiger partial charge in [0.05, 0.1) is 12.5 Å². The Morgan fingerprint density at radius 2 is 1.96 bits per heavy atom. The minimum absolute atomic E-state index is 0.123. The van der Waals surface area contributed by atoms with Crippen LogP contribution in [0.2, 0.25) is 0 Å². The summed E-state index contributed by atoms with van der Waals surface area (Å²) >= 11 is 0. The average molecular weight is 364 g/mol. The Morgan fingerprint density at radius 3 is 2.70 bits per heavy atom. The van der Waals surface area contributed by atoms with Crippen LogP contribution in [-0.2, 0) is 16.1 Å². The number of carbonyl (C=O) groups is 1. The van der Waals surface area contributed by atoms with E-state index in [4.69, 9.17) is 4.74 Å². The summed E-state index contributed by atoms with van der Waals surface area (Å²) < 4.78 is 5.26. The van der Waals surface area contributed by atoms with E-state index in [-0.39, 0.29) is 11.9 Å². The van der Waals surface area contributed by atoms with E-state index in [1.165, 1.54) is 11.1 Å². The van der Waals surface area contributed by atoms with Crippen molar-refractivity contribution in [2.75, 3.05) is 19.7 Å². The lowest BCUT2D eigenvalue weighted by atomic mass is 9.89. The zero-order valence-corrected chi connectivity index (χ0v) is 16.3. The second-order valence-corrected chi connectivity index (χ2v) is 7.10. The van der Waals surface area contributed by atoms with Gasteiger partial charge in [-0.3, -0.25) is 9.69 Å². The number of ether oxygens (including phenoxy) is 1. The van der Waals surface area contributed by atoms with Crippen molar-refractivity contribution in [1.82, 2.24) is 4.90 Å². The van der Waals surface area contributed by atoms with E-state index in [1.54, 1.807) is 0 Å². The van der Waals surface area contributed by atoms with E-state index >= 15 is 0 Å². The molecular weight excluding hydrogens is 334 g/mol. The average Bonchev–Trinajstić information content (AvgIpc) is 2.70. The SMILES string of the molecule is CCOC(=O)C(CC)c1cccc(C2C=CCN(Cc3ccccc3)C2)c1. The largest absolute Gasteiger partial charge is 0.466 e. The van der Waals surface area contributed by atoms with Crippen LogP contribution >= 0.6 is 0 Å². The predicted molar refractivity (Wildman–Crippen MR) is 110 cm³/mol. The first kappa shape index (κ1) is 19.4.